The van der Waals surface area contributed by atoms with Crippen molar-refractivity contribution in [2.45, 2.75) is 25.7 Å². The van der Waals surface area contributed by atoms with E-state index in [2.05, 4.69) is 22.3 Å². The third-order valence-electron chi connectivity index (χ3n) is 4.86. The van der Waals surface area contributed by atoms with Crippen molar-refractivity contribution in [3.8, 4) is 5.75 Å². The quantitative estimate of drug-likeness (QED) is 0.627. The van der Waals surface area contributed by atoms with Gasteiger partial charge in [-0.15, -0.1) is 0 Å². The topological polar surface area (TPSA) is 50.3 Å². The number of para-hydroxylation sites is 2. The van der Waals surface area contributed by atoms with Gasteiger partial charge >= 0.3 is 0 Å². The highest BCUT2D eigenvalue weighted by Crippen LogP contribution is 2.25. The summed E-state index contributed by atoms with van der Waals surface area (Å²) in [5.74, 6) is 2.68. The first-order valence-corrected chi connectivity index (χ1v) is 9.83. The van der Waals surface area contributed by atoms with E-state index in [-0.39, 0.29) is 0 Å². The number of fused-ring (bicyclic) bond motifs is 1. The van der Waals surface area contributed by atoms with Crippen molar-refractivity contribution in [2.75, 3.05) is 36.5 Å². The van der Waals surface area contributed by atoms with Crippen LogP contribution in [-0.4, -0.2) is 36.2 Å². The van der Waals surface area contributed by atoms with Gasteiger partial charge < -0.3 is 15.0 Å². The Morgan fingerprint density at radius 2 is 1.67 bits per heavy atom. The molecule has 0 unspecified atom stereocenters. The molecule has 2 heterocycles. The first-order valence-electron chi connectivity index (χ1n) is 9.83. The lowest BCUT2D eigenvalue weighted by atomic mass is 10.1. The van der Waals surface area contributed by atoms with E-state index in [1.165, 1.54) is 19.3 Å². The van der Waals surface area contributed by atoms with E-state index >= 15 is 0 Å². The van der Waals surface area contributed by atoms with Crippen molar-refractivity contribution in [1.29, 1.82) is 0 Å². The molecule has 1 aliphatic heterocycles. The number of ether oxygens (including phenoxy) is 1. The standard InChI is InChI=1S/C22H26N4O/c1-3-10-18(11-4-1)27-17-9-14-23-21-19-12-5-6-13-20(19)24-22(25-21)26-15-7-2-8-16-26/h1,3-6,10-13H,2,7-9,14-17H2,(H,23,24,25). The molecule has 140 valence electrons. The zero-order valence-corrected chi connectivity index (χ0v) is 15.6. The monoisotopic (exact) mass is 362 g/mol. The highest BCUT2D eigenvalue weighted by Gasteiger charge is 2.16. The molecule has 4 rings (SSSR count). The zero-order chi connectivity index (χ0) is 18.3. The number of nitrogens with one attached hydrogen (secondary N) is 1. The minimum atomic E-state index is 0.680. The van der Waals surface area contributed by atoms with E-state index < -0.39 is 0 Å². The number of hydrogen-bond acceptors (Lipinski definition) is 5. The van der Waals surface area contributed by atoms with E-state index in [0.717, 1.165) is 54.5 Å². The van der Waals surface area contributed by atoms with E-state index in [4.69, 9.17) is 14.7 Å². The minimum Gasteiger partial charge on any atom is -0.494 e. The SMILES string of the molecule is c1ccc(OCCCNc2nc(N3CCCCC3)nc3ccccc23)cc1. The van der Waals surface area contributed by atoms with Gasteiger partial charge in [-0.1, -0.05) is 30.3 Å². The number of hydrogen-bond donors (Lipinski definition) is 1. The van der Waals surface area contributed by atoms with Gasteiger partial charge in [0.1, 0.15) is 11.6 Å². The van der Waals surface area contributed by atoms with E-state index in [1.807, 2.05) is 42.5 Å². The van der Waals surface area contributed by atoms with Crippen LogP contribution in [0.1, 0.15) is 25.7 Å². The van der Waals surface area contributed by atoms with Crippen molar-refractivity contribution < 1.29 is 4.74 Å². The predicted octanol–water partition coefficient (Wildman–Crippen LogP) is 4.50. The number of piperidine rings is 1. The van der Waals surface area contributed by atoms with Crippen molar-refractivity contribution in [3.63, 3.8) is 0 Å². The molecule has 1 aliphatic rings. The normalized spacial score (nSPS) is 14.3. The number of aromatic nitrogens is 2. The molecule has 0 spiro atoms. The molecule has 0 bridgehead atoms. The molecule has 27 heavy (non-hydrogen) atoms. The minimum absolute atomic E-state index is 0.680. The first-order chi connectivity index (χ1) is 13.4. The Bertz CT molecular complexity index is 863. The summed E-state index contributed by atoms with van der Waals surface area (Å²) < 4.78 is 5.77. The van der Waals surface area contributed by atoms with Crippen LogP contribution in [0.4, 0.5) is 11.8 Å². The van der Waals surface area contributed by atoms with Crippen LogP contribution in [0.5, 0.6) is 5.75 Å². The molecule has 0 radical (unpaired) electrons. The van der Waals surface area contributed by atoms with Crippen molar-refractivity contribution in [2.24, 2.45) is 0 Å². The number of anilines is 2. The van der Waals surface area contributed by atoms with Gasteiger partial charge in [0.25, 0.3) is 0 Å². The lowest BCUT2D eigenvalue weighted by molar-refractivity contribution is 0.315. The second-order valence-corrected chi connectivity index (χ2v) is 6.88. The van der Waals surface area contributed by atoms with Crippen LogP contribution in [0.2, 0.25) is 0 Å². The first kappa shape index (κ1) is 17.6. The number of nitrogens with zero attached hydrogens (tertiary/aromatic N) is 3. The van der Waals surface area contributed by atoms with Crippen LogP contribution >= 0.6 is 0 Å². The molecule has 1 saturated heterocycles. The number of rotatable bonds is 7. The number of benzene rings is 2. The highest BCUT2D eigenvalue weighted by atomic mass is 16.5. The van der Waals surface area contributed by atoms with Gasteiger partial charge in [0.05, 0.1) is 12.1 Å². The van der Waals surface area contributed by atoms with Crippen molar-refractivity contribution in [1.82, 2.24) is 9.97 Å². The van der Waals surface area contributed by atoms with Gasteiger partial charge in [-0.25, -0.2) is 4.98 Å². The van der Waals surface area contributed by atoms with Gasteiger partial charge in [0, 0.05) is 25.0 Å². The smallest absolute Gasteiger partial charge is 0.227 e. The van der Waals surface area contributed by atoms with Gasteiger partial charge in [0.15, 0.2) is 0 Å². The van der Waals surface area contributed by atoms with Crippen LogP contribution in [0, 0.1) is 0 Å². The lowest BCUT2D eigenvalue weighted by Gasteiger charge is -2.27. The predicted molar refractivity (Wildman–Crippen MR) is 111 cm³/mol. The van der Waals surface area contributed by atoms with Crippen LogP contribution in [0.3, 0.4) is 0 Å². The molecular formula is C22H26N4O. The summed E-state index contributed by atoms with van der Waals surface area (Å²) in [5, 5.41) is 4.57. The van der Waals surface area contributed by atoms with Crippen LogP contribution in [0.25, 0.3) is 10.9 Å². The highest BCUT2D eigenvalue weighted by molar-refractivity contribution is 5.90. The summed E-state index contributed by atoms with van der Waals surface area (Å²) in [6.07, 6.45) is 4.65. The average Bonchev–Trinajstić information content (AvgIpc) is 2.74. The maximum Gasteiger partial charge on any atom is 0.227 e. The summed E-state index contributed by atoms with van der Waals surface area (Å²) >= 11 is 0. The molecule has 0 amide bonds. The van der Waals surface area contributed by atoms with Crippen LogP contribution < -0.4 is 15.0 Å². The maximum absolute atomic E-state index is 5.77. The summed E-state index contributed by atoms with van der Waals surface area (Å²) in [5.41, 5.74) is 0.996. The molecule has 2 aromatic carbocycles. The van der Waals surface area contributed by atoms with Gasteiger partial charge in [-0.05, 0) is 49.9 Å². The zero-order valence-electron chi connectivity index (χ0n) is 15.6. The molecule has 5 nitrogen and oxygen atoms in total. The van der Waals surface area contributed by atoms with E-state index in [9.17, 15) is 0 Å². The van der Waals surface area contributed by atoms with Gasteiger partial charge in [0.2, 0.25) is 5.95 Å². The molecule has 0 aliphatic carbocycles. The fourth-order valence-electron chi connectivity index (χ4n) is 3.42. The van der Waals surface area contributed by atoms with Gasteiger partial charge in [-0.3, -0.25) is 0 Å². The Morgan fingerprint density at radius 1 is 0.889 bits per heavy atom. The molecule has 5 heteroatoms. The Morgan fingerprint density at radius 3 is 2.52 bits per heavy atom. The Kier molecular flexibility index (Phi) is 5.67. The third-order valence-corrected chi connectivity index (χ3v) is 4.86. The largest absolute Gasteiger partial charge is 0.494 e. The molecule has 1 aromatic heterocycles. The molecule has 1 N–H and O–H groups in total. The molecule has 1 fully saturated rings. The summed E-state index contributed by atoms with van der Waals surface area (Å²) in [7, 11) is 0. The fourth-order valence-corrected chi connectivity index (χ4v) is 3.42. The molecule has 0 atom stereocenters. The molecule has 0 saturated carbocycles. The fraction of sp³-hybridized carbons (Fsp3) is 0.364. The average molecular weight is 362 g/mol. The van der Waals surface area contributed by atoms with Crippen LogP contribution in [-0.2, 0) is 0 Å². The van der Waals surface area contributed by atoms with Crippen molar-refractivity contribution in [3.05, 3.63) is 54.6 Å². The van der Waals surface area contributed by atoms with Crippen molar-refractivity contribution >= 4 is 22.7 Å². The summed E-state index contributed by atoms with van der Waals surface area (Å²) in [6, 6.07) is 18.2. The Hall–Kier alpha value is -2.82. The van der Waals surface area contributed by atoms with E-state index in [0.29, 0.717) is 6.61 Å². The van der Waals surface area contributed by atoms with Gasteiger partial charge in [-0.2, -0.15) is 4.98 Å². The summed E-state index contributed by atoms with van der Waals surface area (Å²) in [6.45, 7) is 3.58. The second kappa shape index (κ2) is 8.71. The Labute approximate surface area is 160 Å². The second-order valence-electron chi connectivity index (χ2n) is 6.88. The maximum atomic E-state index is 5.77. The molecule has 3 aromatic rings. The lowest BCUT2D eigenvalue weighted by Crippen LogP contribution is -2.31. The van der Waals surface area contributed by atoms with Crippen LogP contribution in [0.15, 0.2) is 54.6 Å². The molecular weight excluding hydrogens is 336 g/mol. The third kappa shape index (κ3) is 4.48. The Balaban J connectivity index is 1.42. The summed E-state index contributed by atoms with van der Waals surface area (Å²) in [4.78, 5) is 11.9. The van der Waals surface area contributed by atoms with E-state index in [1.54, 1.807) is 0 Å².